The van der Waals surface area contributed by atoms with Crippen LogP contribution in [0, 0.1) is 6.92 Å². The maximum Gasteiger partial charge on any atom is 0.248 e. The van der Waals surface area contributed by atoms with Gasteiger partial charge in [0.2, 0.25) is 5.91 Å². The highest BCUT2D eigenvalue weighted by molar-refractivity contribution is 5.95. The molecule has 0 aliphatic carbocycles. The lowest BCUT2D eigenvalue weighted by molar-refractivity contribution is 0.0999. The van der Waals surface area contributed by atoms with Crippen molar-refractivity contribution in [3.8, 4) is 22.7 Å². The van der Waals surface area contributed by atoms with Gasteiger partial charge >= 0.3 is 0 Å². The number of carbonyl (C=O) groups excluding carboxylic acids is 1. The van der Waals surface area contributed by atoms with Gasteiger partial charge in [-0.25, -0.2) is 14.6 Å². The zero-order chi connectivity index (χ0) is 30.8. The number of hydrogen-bond acceptors (Lipinski definition) is 7. The molecule has 3 aromatic carbocycles. The lowest BCUT2D eigenvalue weighted by Crippen LogP contribution is -2.13. The molecule has 10 heteroatoms. The van der Waals surface area contributed by atoms with Crippen molar-refractivity contribution in [2.45, 2.75) is 45.9 Å². The first-order valence-electron chi connectivity index (χ1n) is 14.4. The molecule has 6 rings (SSSR count). The number of aromatic nitrogens is 6. The Morgan fingerprint density at radius 1 is 0.977 bits per heavy atom. The van der Waals surface area contributed by atoms with Crippen LogP contribution < -0.4 is 10.5 Å². The second kappa shape index (κ2) is 12.1. The van der Waals surface area contributed by atoms with Gasteiger partial charge < -0.3 is 15.6 Å². The summed E-state index contributed by atoms with van der Waals surface area (Å²) in [4.78, 5) is 20.5. The minimum atomic E-state index is -0.690. The summed E-state index contributed by atoms with van der Waals surface area (Å²) in [7, 11) is 0. The van der Waals surface area contributed by atoms with Crippen LogP contribution in [0.5, 0.6) is 5.75 Å². The van der Waals surface area contributed by atoms with Gasteiger partial charge in [0.1, 0.15) is 18.0 Å². The number of amides is 1. The zero-order valence-corrected chi connectivity index (χ0v) is 24.8. The van der Waals surface area contributed by atoms with Crippen molar-refractivity contribution < 1.29 is 14.6 Å². The molecule has 0 saturated heterocycles. The fraction of sp³-hybridized carbons (Fsp3) is 0.206. The van der Waals surface area contributed by atoms with Gasteiger partial charge in [-0.1, -0.05) is 56.3 Å². The molecule has 44 heavy (non-hydrogen) atoms. The molecule has 0 unspecified atom stereocenters. The normalized spacial score (nSPS) is 12.1. The topological polar surface area (TPSA) is 134 Å². The molecular weight excluding hydrogens is 554 g/mol. The van der Waals surface area contributed by atoms with E-state index in [1.165, 1.54) is 0 Å². The van der Waals surface area contributed by atoms with E-state index in [0.717, 1.165) is 39.0 Å². The molecule has 0 aliphatic heterocycles. The minimum absolute atomic E-state index is 0.105. The van der Waals surface area contributed by atoms with Crippen molar-refractivity contribution in [2.75, 3.05) is 0 Å². The summed E-state index contributed by atoms with van der Waals surface area (Å²) in [5, 5.41) is 21.7. The highest BCUT2D eigenvalue weighted by Crippen LogP contribution is 2.38. The Kier molecular flexibility index (Phi) is 7.91. The first-order valence-corrected chi connectivity index (χ1v) is 14.4. The third-order valence-corrected chi connectivity index (χ3v) is 7.59. The van der Waals surface area contributed by atoms with E-state index < -0.39 is 12.0 Å². The van der Waals surface area contributed by atoms with E-state index in [0.29, 0.717) is 29.4 Å². The molecule has 0 spiro atoms. The Hall–Kier alpha value is -5.35. The number of carbonyl (C=O) groups is 1. The van der Waals surface area contributed by atoms with Crippen LogP contribution in [0.15, 0.2) is 91.4 Å². The molecule has 0 bridgehead atoms. The summed E-state index contributed by atoms with van der Waals surface area (Å²) in [6.07, 6.45) is 4.57. The van der Waals surface area contributed by atoms with E-state index in [4.69, 9.17) is 20.7 Å². The second-order valence-corrected chi connectivity index (χ2v) is 10.9. The van der Waals surface area contributed by atoms with Crippen LogP contribution in [0.1, 0.15) is 58.9 Å². The molecule has 1 atom stereocenters. The number of ether oxygens (including phenoxy) is 1. The highest BCUT2D eigenvalue weighted by Gasteiger charge is 2.24. The largest absolute Gasteiger partial charge is 0.483 e. The van der Waals surface area contributed by atoms with E-state index in [1.54, 1.807) is 41.3 Å². The van der Waals surface area contributed by atoms with Gasteiger partial charge in [-0.15, -0.1) is 0 Å². The van der Waals surface area contributed by atoms with Crippen molar-refractivity contribution in [1.82, 2.24) is 29.5 Å². The maximum atomic E-state index is 12.0. The molecule has 3 N–H and O–H groups in total. The summed E-state index contributed by atoms with van der Waals surface area (Å²) in [5.41, 5.74) is 12.0. The molecule has 0 radical (unpaired) electrons. The molecule has 6 aromatic rings. The average molecular weight is 588 g/mol. The van der Waals surface area contributed by atoms with Crippen LogP contribution in [0.25, 0.3) is 27.8 Å². The fourth-order valence-corrected chi connectivity index (χ4v) is 5.49. The summed E-state index contributed by atoms with van der Waals surface area (Å²) >= 11 is 0. The SMILES string of the molecule is Cc1c(C(C)C)c(-c2cccc3nn(C[C@H](O)c4ccccc4)cc23)nn1-c1ccc(C(N)=O)cc1OCc1ncccn1. The Labute approximate surface area is 254 Å². The van der Waals surface area contributed by atoms with Crippen LogP contribution in [0.2, 0.25) is 0 Å². The molecule has 0 aliphatic rings. The van der Waals surface area contributed by atoms with Gasteiger partial charge in [0, 0.05) is 46.4 Å². The predicted octanol–water partition coefficient (Wildman–Crippen LogP) is 5.52. The Morgan fingerprint density at radius 3 is 2.48 bits per heavy atom. The van der Waals surface area contributed by atoms with Crippen molar-refractivity contribution in [1.29, 1.82) is 0 Å². The van der Waals surface area contributed by atoms with Crippen molar-refractivity contribution >= 4 is 16.8 Å². The number of nitrogens with two attached hydrogens (primary N) is 1. The van der Waals surface area contributed by atoms with Gasteiger partial charge in [-0.2, -0.15) is 10.2 Å². The Bertz CT molecular complexity index is 1930. The molecule has 1 amide bonds. The Balaban J connectivity index is 1.42. The van der Waals surface area contributed by atoms with Crippen LogP contribution in [-0.4, -0.2) is 40.5 Å². The van der Waals surface area contributed by atoms with E-state index in [2.05, 4.69) is 23.8 Å². The number of primary amides is 1. The van der Waals surface area contributed by atoms with Gasteiger partial charge in [-0.05, 0) is 48.7 Å². The van der Waals surface area contributed by atoms with Crippen LogP contribution in [0.4, 0.5) is 0 Å². The zero-order valence-electron chi connectivity index (χ0n) is 24.8. The van der Waals surface area contributed by atoms with Crippen molar-refractivity contribution in [2.24, 2.45) is 5.73 Å². The number of nitrogens with zero attached hydrogens (tertiary/aromatic N) is 6. The first-order chi connectivity index (χ1) is 21.3. The lowest BCUT2D eigenvalue weighted by atomic mass is 9.95. The van der Waals surface area contributed by atoms with Crippen molar-refractivity contribution in [3.05, 3.63) is 120 Å². The quantitative estimate of drug-likeness (QED) is 0.215. The molecule has 0 fully saturated rings. The highest BCUT2D eigenvalue weighted by atomic mass is 16.5. The van der Waals surface area contributed by atoms with Gasteiger partial charge in [0.05, 0.1) is 23.9 Å². The summed E-state index contributed by atoms with van der Waals surface area (Å²) < 4.78 is 9.78. The van der Waals surface area contributed by atoms with E-state index >= 15 is 0 Å². The van der Waals surface area contributed by atoms with Crippen LogP contribution in [0.3, 0.4) is 0 Å². The number of hydrogen-bond donors (Lipinski definition) is 2. The minimum Gasteiger partial charge on any atom is -0.483 e. The molecule has 222 valence electrons. The van der Waals surface area contributed by atoms with Gasteiger partial charge in [0.25, 0.3) is 0 Å². The Morgan fingerprint density at radius 2 is 1.75 bits per heavy atom. The molecule has 3 aromatic heterocycles. The van der Waals surface area contributed by atoms with E-state index in [1.807, 2.05) is 66.3 Å². The third kappa shape index (κ3) is 5.67. The molecule has 3 heterocycles. The fourth-order valence-electron chi connectivity index (χ4n) is 5.49. The van der Waals surface area contributed by atoms with Gasteiger partial charge in [0.15, 0.2) is 5.82 Å². The summed E-state index contributed by atoms with van der Waals surface area (Å²) in [5.74, 6) is 0.530. The second-order valence-electron chi connectivity index (χ2n) is 10.9. The molecule has 0 saturated carbocycles. The summed E-state index contributed by atoms with van der Waals surface area (Å²) in [6, 6.07) is 22.4. The number of benzene rings is 3. The molecule has 10 nitrogen and oxygen atoms in total. The number of rotatable bonds is 10. The smallest absolute Gasteiger partial charge is 0.248 e. The maximum absolute atomic E-state index is 12.0. The van der Waals surface area contributed by atoms with Crippen molar-refractivity contribution in [3.63, 3.8) is 0 Å². The number of aliphatic hydroxyl groups is 1. The third-order valence-electron chi connectivity index (χ3n) is 7.59. The van der Waals surface area contributed by atoms with Gasteiger partial charge in [-0.3, -0.25) is 9.48 Å². The number of aliphatic hydroxyl groups excluding tert-OH is 1. The standard InChI is InChI=1S/C34H33N7O3/c1-21(2)32-22(3)41(28-14-13-24(34(35)43)17-30(28)44-20-31-36-15-8-16-37-31)39-33(32)25-11-7-12-27-26(25)18-40(38-27)19-29(42)23-9-5-4-6-10-23/h4-18,21,29,42H,19-20H2,1-3H3,(H2,35,43)/t29-/m0/s1. The predicted molar refractivity (Wildman–Crippen MR) is 167 cm³/mol. The van der Waals surface area contributed by atoms with Crippen LogP contribution >= 0.6 is 0 Å². The molecular formula is C34H33N7O3. The van der Waals surface area contributed by atoms with E-state index in [9.17, 15) is 9.90 Å². The monoisotopic (exact) mass is 587 g/mol. The van der Waals surface area contributed by atoms with E-state index in [-0.39, 0.29) is 12.5 Å². The first kappa shape index (κ1) is 28.8. The average Bonchev–Trinajstić information content (AvgIpc) is 3.61. The number of fused-ring (bicyclic) bond motifs is 1. The van der Waals surface area contributed by atoms with Crippen LogP contribution in [-0.2, 0) is 13.2 Å². The lowest BCUT2D eigenvalue weighted by Gasteiger charge is -2.14. The summed E-state index contributed by atoms with van der Waals surface area (Å²) in [6.45, 7) is 6.72.